The molecule has 0 atom stereocenters. The number of hydrogen-bond donors (Lipinski definition) is 1. The molecule has 2 aromatic carbocycles. The maximum Gasteiger partial charge on any atom is 0.261 e. The normalized spacial score (nSPS) is 10.3. The summed E-state index contributed by atoms with van der Waals surface area (Å²) in [6.45, 7) is 2.00. The maximum absolute atomic E-state index is 12.6. The monoisotopic (exact) mass is 348 g/mol. The third-order valence-corrected chi connectivity index (χ3v) is 3.99. The fraction of sp³-hybridized carbons (Fsp3) is 0.143. The number of rotatable bonds is 5. The predicted molar refractivity (Wildman–Crippen MR) is 102 cm³/mol. The maximum atomic E-state index is 12.6. The van der Waals surface area contributed by atoms with Crippen molar-refractivity contribution in [3.05, 3.63) is 71.8 Å². The van der Waals surface area contributed by atoms with Gasteiger partial charge in [0.2, 0.25) is 5.88 Å². The summed E-state index contributed by atoms with van der Waals surface area (Å²) in [6, 6.07) is 18.7. The summed E-state index contributed by atoms with van der Waals surface area (Å²) < 4.78 is 10.5. The molecule has 0 unspecified atom stereocenters. The predicted octanol–water partition coefficient (Wildman–Crippen LogP) is 4.33. The minimum absolute atomic E-state index is 0.264. The smallest absolute Gasteiger partial charge is 0.261 e. The van der Waals surface area contributed by atoms with Gasteiger partial charge in [-0.05, 0) is 55.5 Å². The minimum atomic E-state index is -0.264. The van der Waals surface area contributed by atoms with Crippen molar-refractivity contribution in [1.29, 1.82) is 0 Å². The van der Waals surface area contributed by atoms with Crippen LogP contribution >= 0.6 is 0 Å². The second-order valence-corrected chi connectivity index (χ2v) is 5.80. The summed E-state index contributed by atoms with van der Waals surface area (Å²) in [5.74, 6) is 0.789. The van der Waals surface area contributed by atoms with E-state index in [1.807, 2.05) is 55.5 Å². The number of carbonyl (C=O) groups is 1. The van der Waals surface area contributed by atoms with Crippen molar-refractivity contribution in [2.24, 2.45) is 0 Å². The van der Waals surface area contributed by atoms with Gasteiger partial charge in [-0.25, -0.2) is 4.98 Å². The van der Waals surface area contributed by atoms with Crippen LogP contribution in [-0.2, 0) is 0 Å². The van der Waals surface area contributed by atoms with E-state index in [2.05, 4.69) is 10.3 Å². The molecule has 26 heavy (non-hydrogen) atoms. The zero-order valence-corrected chi connectivity index (χ0v) is 14.9. The third kappa shape index (κ3) is 3.83. The topological polar surface area (TPSA) is 60.5 Å². The number of carbonyl (C=O) groups excluding carboxylic acids is 1. The third-order valence-electron chi connectivity index (χ3n) is 3.99. The van der Waals surface area contributed by atoms with Crippen LogP contribution < -0.4 is 14.8 Å². The van der Waals surface area contributed by atoms with E-state index in [1.165, 1.54) is 7.11 Å². The van der Waals surface area contributed by atoms with Crippen LogP contribution in [0.2, 0.25) is 0 Å². The largest absolute Gasteiger partial charge is 0.497 e. The quantitative estimate of drug-likeness (QED) is 0.746. The molecule has 0 saturated heterocycles. The van der Waals surface area contributed by atoms with Gasteiger partial charge in [0, 0.05) is 11.3 Å². The van der Waals surface area contributed by atoms with Gasteiger partial charge in [0.05, 0.1) is 19.9 Å². The second-order valence-electron chi connectivity index (χ2n) is 5.80. The first-order chi connectivity index (χ1) is 12.6. The fourth-order valence-corrected chi connectivity index (χ4v) is 2.53. The number of benzene rings is 2. The average Bonchev–Trinajstić information content (AvgIpc) is 2.69. The number of aromatic nitrogens is 1. The summed E-state index contributed by atoms with van der Waals surface area (Å²) in [4.78, 5) is 17.0. The highest BCUT2D eigenvalue weighted by Crippen LogP contribution is 2.25. The molecule has 5 nitrogen and oxygen atoms in total. The molecular formula is C21H20N2O3. The van der Waals surface area contributed by atoms with Gasteiger partial charge in [-0.3, -0.25) is 4.79 Å². The van der Waals surface area contributed by atoms with Gasteiger partial charge in [-0.1, -0.05) is 17.7 Å². The zero-order valence-electron chi connectivity index (χ0n) is 14.9. The molecule has 0 fully saturated rings. The van der Waals surface area contributed by atoms with Crippen LogP contribution in [0.25, 0.3) is 11.3 Å². The number of aryl methyl sites for hydroxylation is 1. The van der Waals surface area contributed by atoms with Gasteiger partial charge in [0.15, 0.2) is 0 Å². The van der Waals surface area contributed by atoms with Crippen molar-refractivity contribution in [1.82, 2.24) is 4.98 Å². The molecule has 1 aromatic heterocycles. The van der Waals surface area contributed by atoms with E-state index in [-0.39, 0.29) is 11.8 Å². The van der Waals surface area contributed by atoms with Gasteiger partial charge in [-0.15, -0.1) is 0 Å². The molecule has 0 aliphatic carbocycles. The summed E-state index contributed by atoms with van der Waals surface area (Å²) >= 11 is 0. The van der Waals surface area contributed by atoms with E-state index in [0.29, 0.717) is 5.56 Å². The lowest BCUT2D eigenvalue weighted by Gasteiger charge is -2.11. The number of nitrogens with zero attached hydrogens (tertiary/aromatic N) is 1. The average molecular weight is 348 g/mol. The van der Waals surface area contributed by atoms with Crippen LogP contribution in [0.1, 0.15) is 15.9 Å². The van der Waals surface area contributed by atoms with E-state index in [1.54, 1.807) is 19.2 Å². The number of pyridine rings is 1. The van der Waals surface area contributed by atoms with Crippen molar-refractivity contribution < 1.29 is 14.3 Å². The first kappa shape index (κ1) is 17.5. The van der Waals surface area contributed by atoms with Crippen LogP contribution in [0.3, 0.4) is 0 Å². The first-order valence-electron chi connectivity index (χ1n) is 8.18. The van der Waals surface area contributed by atoms with Crippen molar-refractivity contribution >= 4 is 11.6 Å². The number of amides is 1. The molecule has 0 aliphatic heterocycles. The number of anilines is 1. The SMILES string of the molecule is COc1ccc(-c2ccc(C(=O)Nc3ccc(C)cc3)c(OC)n2)cc1. The highest BCUT2D eigenvalue weighted by atomic mass is 16.5. The Bertz CT molecular complexity index is 904. The number of nitrogens with one attached hydrogen (secondary N) is 1. The standard InChI is InChI=1S/C21H20N2O3/c1-14-4-8-16(9-5-14)22-20(24)18-12-13-19(23-21(18)26-3)15-6-10-17(25-2)11-7-15/h4-13H,1-3H3,(H,22,24). The molecule has 0 saturated carbocycles. The summed E-state index contributed by atoms with van der Waals surface area (Å²) in [5, 5.41) is 2.86. The molecule has 3 aromatic rings. The van der Waals surface area contributed by atoms with Gasteiger partial charge < -0.3 is 14.8 Å². The van der Waals surface area contributed by atoms with E-state index < -0.39 is 0 Å². The van der Waals surface area contributed by atoms with Crippen molar-refractivity contribution in [2.45, 2.75) is 6.92 Å². The highest BCUT2D eigenvalue weighted by molar-refractivity contribution is 6.06. The summed E-state index contributed by atoms with van der Waals surface area (Å²) in [7, 11) is 3.13. The Hall–Kier alpha value is -3.34. The Morgan fingerprint density at radius 2 is 1.58 bits per heavy atom. The Morgan fingerprint density at radius 1 is 0.885 bits per heavy atom. The van der Waals surface area contributed by atoms with Crippen molar-refractivity contribution in [3.8, 4) is 22.9 Å². The van der Waals surface area contributed by atoms with Crippen molar-refractivity contribution in [3.63, 3.8) is 0 Å². The number of hydrogen-bond acceptors (Lipinski definition) is 4. The molecule has 132 valence electrons. The molecule has 0 bridgehead atoms. The molecule has 1 heterocycles. The molecule has 3 rings (SSSR count). The van der Waals surface area contributed by atoms with Crippen LogP contribution in [0.15, 0.2) is 60.7 Å². The Morgan fingerprint density at radius 3 is 2.19 bits per heavy atom. The van der Waals surface area contributed by atoms with Gasteiger partial charge in [0.1, 0.15) is 11.3 Å². The molecule has 0 radical (unpaired) electrons. The number of methoxy groups -OCH3 is 2. The Kier molecular flexibility index (Phi) is 5.17. The van der Waals surface area contributed by atoms with Gasteiger partial charge in [0.25, 0.3) is 5.91 Å². The molecule has 1 amide bonds. The van der Waals surface area contributed by atoms with E-state index in [4.69, 9.17) is 9.47 Å². The molecule has 0 spiro atoms. The lowest BCUT2D eigenvalue weighted by Crippen LogP contribution is -2.14. The van der Waals surface area contributed by atoms with E-state index >= 15 is 0 Å². The fourth-order valence-electron chi connectivity index (χ4n) is 2.53. The van der Waals surface area contributed by atoms with Crippen LogP contribution in [-0.4, -0.2) is 25.1 Å². The molecule has 5 heteroatoms. The molecular weight excluding hydrogens is 328 g/mol. The minimum Gasteiger partial charge on any atom is -0.497 e. The van der Waals surface area contributed by atoms with Crippen molar-refractivity contribution in [2.75, 3.05) is 19.5 Å². The lowest BCUT2D eigenvalue weighted by atomic mass is 10.1. The zero-order chi connectivity index (χ0) is 18.5. The highest BCUT2D eigenvalue weighted by Gasteiger charge is 2.15. The first-order valence-corrected chi connectivity index (χ1v) is 8.18. The molecule has 0 aliphatic rings. The summed E-state index contributed by atoms with van der Waals surface area (Å²) in [6.07, 6.45) is 0. The van der Waals surface area contributed by atoms with Gasteiger partial charge in [-0.2, -0.15) is 0 Å². The lowest BCUT2D eigenvalue weighted by molar-refractivity contribution is 0.102. The van der Waals surface area contributed by atoms with Crippen LogP contribution in [0, 0.1) is 6.92 Å². The van der Waals surface area contributed by atoms with Crippen LogP contribution in [0.4, 0.5) is 5.69 Å². The number of ether oxygens (including phenoxy) is 2. The molecule has 1 N–H and O–H groups in total. The Labute approximate surface area is 152 Å². The van der Waals surface area contributed by atoms with E-state index in [9.17, 15) is 4.79 Å². The second kappa shape index (κ2) is 7.70. The summed E-state index contributed by atoms with van der Waals surface area (Å²) in [5.41, 5.74) is 3.87. The Balaban J connectivity index is 1.85. The van der Waals surface area contributed by atoms with Crippen LogP contribution in [0.5, 0.6) is 11.6 Å². The van der Waals surface area contributed by atoms with Gasteiger partial charge >= 0.3 is 0 Å². The van der Waals surface area contributed by atoms with E-state index in [0.717, 1.165) is 28.3 Å².